The van der Waals surface area contributed by atoms with Crippen LogP contribution in [0.3, 0.4) is 0 Å². The SMILES string of the molecule is CC1(C)c2ccccc2-c2cc(N(c3ccccc3)c3cc4c(cc3-c3ccccc3)-c3ccccc3Cc3cc(N(c5ccccc5)c5ccccc5)c(-c5ccccc5C5CCCCC5)cc3-c3ccccc3C4)ccc21. The minimum absolute atomic E-state index is 0.0965. The quantitative estimate of drug-likeness (QED) is 0.142. The molecule has 0 amide bonds. The Balaban J connectivity index is 1.02. The molecule has 0 N–H and O–H groups in total. The van der Waals surface area contributed by atoms with Crippen molar-refractivity contribution in [2.24, 2.45) is 0 Å². The molecule has 0 atom stereocenters. The molecule has 0 radical (unpaired) electrons. The number of nitrogens with zero attached hydrogens (tertiary/aromatic N) is 2. The molecule has 3 aliphatic rings. The Morgan fingerprint density at radius 3 is 1.33 bits per heavy atom. The number of fused-ring (bicyclic) bond motifs is 9. The van der Waals surface area contributed by atoms with Crippen molar-refractivity contribution in [2.75, 3.05) is 9.80 Å². The van der Waals surface area contributed by atoms with Gasteiger partial charge in [0.05, 0.1) is 11.4 Å². The van der Waals surface area contributed by atoms with Crippen LogP contribution in [0.25, 0.3) is 55.6 Å². The Hall–Kier alpha value is -8.98. The molecule has 0 aliphatic heterocycles. The van der Waals surface area contributed by atoms with Crippen molar-refractivity contribution >= 4 is 34.1 Å². The maximum Gasteiger partial charge on any atom is 0.0543 e. The Morgan fingerprint density at radius 1 is 0.304 bits per heavy atom. The van der Waals surface area contributed by atoms with Crippen molar-refractivity contribution < 1.29 is 0 Å². The Morgan fingerprint density at radius 2 is 0.747 bits per heavy atom. The van der Waals surface area contributed by atoms with E-state index >= 15 is 0 Å². The van der Waals surface area contributed by atoms with Crippen molar-refractivity contribution in [1.29, 1.82) is 0 Å². The van der Waals surface area contributed by atoms with Gasteiger partial charge in [0.15, 0.2) is 0 Å². The standard InChI is InChI=1S/C77H64N2/c1-77(2)73-43-25-24-42-67(73)71-50-62(44-45-74(71)77)79(61-36-16-7-17-37-61)75-48-57-46-56-31-19-21-40-65(56)69-52-72(66-41-23-22-38-63(66)53-26-8-3-9-27-53)76(78(59-32-12-5-13-33-59)60-34-14-6-15-35-60)49-58(69)47-55-30-18-20-39-64(55)68(57)51-70(75)54-28-10-4-11-29-54/h4-7,10-25,28-45,48-53H,3,8-9,26-27,46-47H2,1-2H3. The van der Waals surface area contributed by atoms with Crippen LogP contribution in [0.15, 0.2) is 261 Å². The second kappa shape index (κ2) is 20.4. The largest absolute Gasteiger partial charge is 0.310 e. The summed E-state index contributed by atoms with van der Waals surface area (Å²) < 4.78 is 0. The lowest BCUT2D eigenvalue weighted by Crippen LogP contribution is -2.16. The third-order valence-electron chi connectivity index (χ3n) is 17.6. The first-order chi connectivity index (χ1) is 39.0. The molecule has 0 bridgehead atoms. The van der Waals surface area contributed by atoms with Gasteiger partial charge in [-0.2, -0.15) is 0 Å². The third kappa shape index (κ3) is 8.77. The van der Waals surface area contributed by atoms with Crippen molar-refractivity contribution in [1.82, 2.24) is 0 Å². The van der Waals surface area contributed by atoms with Crippen LogP contribution in [0.2, 0.25) is 0 Å². The lowest BCUT2D eigenvalue weighted by atomic mass is 9.78. The molecule has 11 aromatic rings. The highest BCUT2D eigenvalue weighted by atomic mass is 15.2. The van der Waals surface area contributed by atoms with E-state index in [2.05, 4.69) is 285 Å². The number of rotatable bonds is 9. The van der Waals surface area contributed by atoms with Crippen molar-refractivity contribution in [3.05, 3.63) is 300 Å². The summed E-state index contributed by atoms with van der Waals surface area (Å²) in [7, 11) is 0. The molecule has 1 saturated carbocycles. The molecule has 3 aliphatic carbocycles. The summed E-state index contributed by atoms with van der Waals surface area (Å²) in [6, 6.07) is 98.3. The molecule has 382 valence electrons. The Labute approximate surface area is 467 Å². The fraction of sp³-hybridized carbons (Fsp3) is 0.143. The fourth-order valence-electron chi connectivity index (χ4n) is 13.7. The molecule has 1 fully saturated rings. The third-order valence-corrected chi connectivity index (χ3v) is 17.6. The van der Waals surface area contributed by atoms with E-state index in [4.69, 9.17) is 0 Å². The Bertz CT molecular complexity index is 3980. The summed E-state index contributed by atoms with van der Waals surface area (Å²) >= 11 is 0. The molecule has 0 heterocycles. The van der Waals surface area contributed by atoms with Crippen LogP contribution in [0, 0.1) is 0 Å². The number of benzene rings is 11. The summed E-state index contributed by atoms with van der Waals surface area (Å²) in [5, 5.41) is 0. The number of anilines is 6. The first kappa shape index (κ1) is 48.4. The van der Waals surface area contributed by atoms with Gasteiger partial charge >= 0.3 is 0 Å². The minimum Gasteiger partial charge on any atom is -0.310 e. The van der Waals surface area contributed by atoms with E-state index in [1.165, 1.54) is 132 Å². The second-order valence-electron chi connectivity index (χ2n) is 22.6. The van der Waals surface area contributed by atoms with Crippen LogP contribution in [-0.4, -0.2) is 0 Å². The topological polar surface area (TPSA) is 6.48 Å². The van der Waals surface area contributed by atoms with Crippen molar-refractivity contribution in [2.45, 2.75) is 70.1 Å². The highest BCUT2D eigenvalue weighted by molar-refractivity contribution is 5.97. The molecule has 2 nitrogen and oxygen atoms in total. The van der Waals surface area contributed by atoms with Gasteiger partial charge in [-0.25, -0.2) is 0 Å². The predicted octanol–water partition coefficient (Wildman–Crippen LogP) is 21.1. The van der Waals surface area contributed by atoms with Gasteiger partial charge in [-0.15, -0.1) is 0 Å². The first-order valence-corrected chi connectivity index (χ1v) is 28.6. The number of hydrogen-bond donors (Lipinski definition) is 0. The van der Waals surface area contributed by atoms with Gasteiger partial charge in [-0.05, 0) is 188 Å². The molecule has 2 heteroatoms. The van der Waals surface area contributed by atoms with Crippen LogP contribution in [0.4, 0.5) is 34.1 Å². The summed E-state index contributed by atoms with van der Waals surface area (Å²) in [4.78, 5) is 5.03. The summed E-state index contributed by atoms with van der Waals surface area (Å²) in [6.07, 6.45) is 7.83. The zero-order chi connectivity index (χ0) is 52.9. The van der Waals surface area contributed by atoms with E-state index in [1.54, 1.807) is 0 Å². The van der Waals surface area contributed by atoms with Crippen molar-refractivity contribution in [3.63, 3.8) is 0 Å². The van der Waals surface area contributed by atoms with Crippen LogP contribution >= 0.6 is 0 Å². The zero-order valence-electron chi connectivity index (χ0n) is 45.2. The molecule has 0 saturated heterocycles. The molecule has 79 heavy (non-hydrogen) atoms. The second-order valence-corrected chi connectivity index (χ2v) is 22.6. The lowest BCUT2D eigenvalue weighted by Gasteiger charge is -2.32. The van der Waals surface area contributed by atoms with E-state index in [0.717, 1.165) is 41.3 Å². The van der Waals surface area contributed by atoms with Crippen LogP contribution in [-0.2, 0) is 18.3 Å². The molecular formula is C77H64N2. The lowest BCUT2D eigenvalue weighted by molar-refractivity contribution is 0.444. The van der Waals surface area contributed by atoms with Crippen LogP contribution in [0.1, 0.15) is 90.8 Å². The summed E-state index contributed by atoms with van der Waals surface area (Å²) in [6.45, 7) is 4.74. The average molecular weight is 1020 g/mol. The summed E-state index contributed by atoms with van der Waals surface area (Å²) in [5.41, 5.74) is 29.0. The molecule has 0 spiro atoms. The van der Waals surface area contributed by atoms with Gasteiger partial charge in [-0.1, -0.05) is 221 Å². The highest BCUT2D eigenvalue weighted by Crippen LogP contribution is 2.54. The Kier molecular flexibility index (Phi) is 12.5. The maximum atomic E-state index is 2.59. The van der Waals surface area contributed by atoms with E-state index < -0.39 is 0 Å². The van der Waals surface area contributed by atoms with E-state index in [9.17, 15) is 0 Å². The normalized spacial score (nSPS) is 14.2. The fourth-order valence-corrected chi connectivity index (χ4v) is 13.7. The van der Waals surface area contributed by atoms with Crippen LogP contribution in [0.5, 0.6) is 0 Å². The molecule has 0 unspecified atom stereocenters. The van der Waals surface area contributed by atoms with Gasteiger partial charge < -0.3 is 9.80 Å². The van der Waals surface area contributed by atoms with Crippen molar-refractivity contribution in [3.8, 4) is 55.6 Å². The molecular weight excluding hydrogens is 953 g/mol. The molecule has 0 aromatic heterocycles. The molecule has 11 aromatic carbocycles. The van der Waals surface area contributed by atoms with Gasteiger partial charge in [0.1, 0.15) is 0 Å². The highest BCUT2D eigenvalue weighted by Gasteiger charge is 2.36. The van der Waals surface area contributed by atoms with E-state index in [0.29, 0.717) is 5.92 Å². The average Bonchev–Trinajstić information content (AvgIpc) is 4.05. The number of hydrogen-bond acceptors (Lipinski definition) is 2. The number of para-hydroxylation sites is 3. The smallest absolute Gasteiger partial charge is 0.0543 e. The van der Waals surface area contributed by atoms with Gasteiger partial charge in [-0.3, -0.25) is 0 Å². The van der Waals surface area contributed by atoms with Crippen LogP contribution < -0.4 is 9.80 Å². The van der Waals surface area contributed by atoms with Gasteiger partial charge in [0.25, 0.3) is 0 Å². The minimum atomic E-state index is -0.0965. The monoisotopic (exact) mass is 1020 g/mol. The maximum absolute atomic E-state index is 2.59. The van der Waals surface area contributed by atoms with E-state index in [1.807, 2.05) is 0 Å². The first-order valence-electron chi connectivity index (χ1n) is 28.6. The zero-order valence-corrected chi connectivity index (χ0v) is 45.2. The predicted molar refractivity (Wildman–Crippen MR) is 333 cm³/mol. The van der Waals surface area contributed by atoms with Gasteiger partial charge in [0, 0.05) is 39.3 Å². The molecule has 14 rings (SSSR count). The van der Waals surface area contributed by atoms with Gasteiger partial charge in [0.2, 0.25) is 0 Å². The summed E-state index contributed by atoms with van der Waals surface area (Å²) in [5.74, 6) is 0.522. The van der Waals surface area contributed by atoms with E-state index in [-0.39, 0.29) is 5.41 Å².